The average molecular weight is 417 g/mol. The third-order valence-electron chi connectivity index (χ3n) is 7.60. The quantitative estimate of drug-likeness (QED) is 0.647. The van der Waals surface area contributed by atoms with Crippen molar-refractivity contribution in [1.82, 2.24) is 4.90 Å². The lowest BCUT2D eigenvalue weighted by Gasteiger charge is -2.54. The average Bonchev–Trinajstić information content (AvgIpc) is 3.64. The standard InChI is InChI=1S/C24H33FN2O3/c25-15-18(16-26)17-30-21-5-1-19(2-6-21)23-7-10-24(11-8-23,12-9-23)22(29)27(13-14-28)20-3-4-20/h1-2,5-6,15,20,28H,3-4,7-14,16-17,26H2/b18-15+. The molecule has 5 rings (SSSR count). The van der Waals surface area contributed by atoms with Gasteiger partial charge in [0.1, 0.15) is 12.4 Å². The van der Waals surface area contributed by atoms with Gasteiger partial charge in [-0.05, 0) is 74.5 Å². The molecule has 0 atom stereocenters. The minimum Gasteiger partial charge on any atom is -0.489 e. The number of ether oxygens (including phenoxy) is 1. The van der Waals surface area contributed by atoms with E-state index in [0.717, 1.165) is 51.4 Å². The molecule has 0 spiro atoms. The first kappa shape index (κ1) is 21.3. The monoisotopic (exact) mass is 416 g/mol. The van der Waals surface area contributed by atoms with E-state index in [1.807, 2.05) is 17.0 Å². The number of hydrogen-bond donors (Lipinski definition) is 2. The van der Waals surface area contributed by atoms with E-state index in [1.54, 1.807) is 0 Å². The highest BCUT2D eigenvalue weighted by Crippen LogP contribution is 2.58. The molecule has 0 saturated heterocycles. The van der Waals surface area contributed by atoms with Crippen molar-refractivity contribution in [3.8, 4) is 5.75 Å². The largest absolute Gasteiger partial charge is 0.489 e. The van der Waals surface area contributed by atoms with Crippen LogP contribution in [0.25, 0.3) is 0 Å². The molecular weight excluding hydrogens is 383 g/mol. The number of amides is 1. The zero-order valence-electron chi connectivity index (χ0n) is 17.6. The molecule has 0 unspecified atom stereocenters. The zero-order chi connectivity index (χ0) is 21.2. The lowest BCUT2D eigenvalue weighted by Crippen LogP contribution is -2.53. The van der Waals surface area contributed by atoms with Crippen LogP contribution in [0, 0.1) is 5.41 Å². The number of carbonyl (C=O) groups excluding carboxylic acids is 1. The summed E-state index contributed by atoms with van der Waals surface area (Å²) in [5.74, 6) is 0.996. The Kier molecular flexibility index (Phi) is 6.16. The first-order chi connectivity index (χ1) is 14.6. The van der Waals surface area contributed by atoms with Gasteiger partial charge in [0, 0.05) is 30.1 Å². The molecule has 4 aliphatic rings. The SMILES string of the molecule is NC/C(=C\F)COc1ccc(C23CCC(C(=O)N(CCO)C4CC4)(CC2)CC3)cc1. The second-order valence-corrected chi connectivity index (χ2v) is 9.30. The fourth-order valence-electron chi connectivity index (χ4n) is 5.40. The van der Waals surface area contributed by atoms with Crippen LogP contribution in [-0.4, -0.2) is 48.3 Å². The number of halogens is 1. The molecule has 30 heavy (non-hydrogen) atoms. The number of nitrogens with zero attached hydrogens (tertiary/aromatic N) is 1. The van der Waals surface area contributed by atoms with Gasteiger partial charge in [-0.3, -0.25) is 4.79 Å². The van der Waals surface area contributed by atoms with Gasteiger partial charge in [0.15, 0.2) is 0 Å². The van der Waals surface area contributed by atoms with E-state index >= 15 is 0 Å². The predicted molar refractivity (Wildman–Crippen MR) is 114 cm³/mol. The van der Waals surface area contributed by atoms with Crippen LogP contribution in [0.1, 0.15) is 56.9 Å². The smallest absolute Gasteiger partial charge is 0.229 e. The maximum atomic E-state index is 13.4. The van der Waals surface area contributed by atoms with E-state index in [4.69, 9.17) is 10.5 Å². The Balaban J connectivity index is 1.41. The highest BCUT2D eigenvalue weighted by molar-refractivity contribution is 5.84. The third kappa shape index (κ3) is 4.00. The molecule has 0 radical (unpaired) electrons. The minimum absolute atomic E-state index is 0.0462. The van der Waals surface area contributed by atoms with Gasteiger partial charge < -0.3 is 20.5 Å². The van der Waals surface area contributed by atoms with Crippen molar-refractivity contribution in [3.05, 3.63) is 41.7 Å². The van der Waals surface area contributed by atoms with E-state index in [-0.39, 0.29) is 36.5 Å². The van der Waals surface area contributed by atoms with Gasteiger partial charge in [0.05, 0.1) is 12.9 Å². The van der Waals surface area contributed by atoms with E-state index < -0.39 is 0 Å². The molecule has 0 aliphatic heterocycles. The molecule has 4 saturated carbocycles. The maximum absolute atomic E-state index is 13.4. The van der Waals surface area contributed by atoms with Crippen molar-refractivity contribution in [2.24, 2.45) is 11.1 Å². The second kappa shape index (κ2) is 8.67. The Morgan fingerprint density at radius 2 is 1.80 bits per heavy atom. The van der Waals surface area contributed by atoms with Gasteiger partial charge in [0.2, 0.25) is 5.91 Å². The number of benzene rings is 1. The minimum atomic E-state index is -0.222. The molecule has 164 valence electrons. The van der Waals surface area contributed by atoms with Gasteiger partial charge >= 0.3 is 0 Å². The zero-order valence-corrected chi connectivity index (χ0v) is 17.6. The van der Waals surface area contributed by atoms with E-state index in [2.05, 4.69) is 12.1 Å². The number of rotatable bonds is 9. The lowest BCUT2D eigenvalue weighted by molar-refractivity contribution is -0.150. The fraction of sp³-hybridized carbons (Fsp3) is 0.625. The Labute approximate surface area is 178 Å². The van der Waals surface area contributed by atoms with Gasteiger partial charge in [0.25, 0.3) is 0 Å². The molecule has 1 aromatic carbocycles. The van der Waals surface area contributed by atoms with Crippen molar-refractivity contribution >= 4 is 5.91 Å². The first-order valence-corrected chi connectivity index (χ1v) is 11.2. The third-order valence-corrected chi connectivity index (χ3v) is 7.60. The van der Waals surface area contributed by atoms with E-state index in [0.29, 0.717) is 30.2 Å². The molecular formula is C24H33FN2O3. The van der Waals surface area contributed by atoms with E-state index in [1.165, 1.54) is 5.56 Å². The van der Waals surface area contributed by atoms with Crippen LogP contribution < -0.4 is 10.5 Å². The molecule has 5 nitrogen and oxygen atoms in total. The second-order valence-electron chi connectivity index (χ2n) is 9.30. The Morgan fingerprint density at radius 1 is 1.17 bits per heavy atom. The van der Waals surface area contributed by atoms with Crippen LogP contribution in [0.2, 0.25) is 0 Å². The Hall–Kier alpha value is -1.92. The topological polar surface area (TPSA) is 75.8 Å². The highest BCUT2D eigenvalue weighted by atomic mass is 19.1. The summed E-state index contributed by atoms with van der Waals surface area (Å²) < 4.78 is 18.3. The van der Waals surface area contributed by atoms with Gasteiger partial charge in [-0.2, -0.15) is 0 Å². The molecule has 6 heteroatoms. The van der Waals surface area contributed by atoms with Crippen molar-refractivity contribution < 1.29 is 19.0 Å². The summed E-state index contributed by atoms with van der Waals surface area (Å²) in [5, 5.41) is 9.40. The van der Waals surface area contributed by atoms with Crippen molar-refractivity contribution in [2.45, 2.75) is 62.8 Å². The van der Waals surface area contributed by atoms with Gasteiger partial charge in [-0.15, -0.1) is 0 Å². The van der Waals surface area contributed by atoms with Crippen molar-refractivity contribution in [2.75, 3.05) is 26.3 Å². The first-order valence-electron chi connectivity index (χ1n) is 11.2. The Morgan fingerprint density at radius 3 is 2.30 bits per heavy atom. The molecule has 1 aromatic rings. The van der Waals surface area contributed by atoms with Crippen LogP contribution in [0.4, 0.5) is 4.39 Å². The fourth-order valence-corrected chi connectivity index (χ4v) is 5.40. The van der Waals surface area contributed by atoms with Gasteiger partial charge in [-0.25, -0.2) is 4.39 Å². The molecule has 1 amide bonds. The molecule has 0 aromatic heterocycles. The molecule has 0 heterocycles. The predicted octanol–water partition coefficient (Wildman–Crippen LogP) is 3.45. The van der Waals surface area contributed by atoms with Crippen LogP contribution in [0.15, 0.2) is 36.2 Å². The summed E-state index contributed by atoms with van der Waals surface area (Å²) in [7, 11) is 0. The number of aliphatic hydroxyl groups excluding tert-OH is 1. The van der Waals surface area contributed by atoms with Crippen molar-refractivity contribution in [1.29, 1.82) is 0 Å². The number of nitrogens with two attached hydrogens (primary N) is 1. The summed E-state index contributed by atoms with van der Waals surface area (Å²) in [6.45, 7) is 0.827. The molecule has 4 fully saturated rings. The molecule has 4 aliphatic carbocycles. The highest BCUT2D eigenvalue weighted by Gasteiger charge is 2.54. The number of aliphatic hydroxyl groups is 1. The summed E-state index contributed by atoms with van der Waals surface area (Å²) >= 11 is 0. The Bertz CT molecular complexity index is 764. The normalized spacial score (nSPS) is 28.4. The van der Waals surface area contributed by atoms with Crippen LogP contribution in [0.3, 0.4) is 0 Å². The molecule has 3 N–H and O–H groups in total. The number of fused-ring (bicyclic) bond motifs is 3. The molecule has 2 bridgehead atoms. The summed E-state index contributed by atoms with van der Waals surface area (Å²) in [5.41, 5.74) is 7.13. The lowest BCUT2D eigenvalue weighted by atomic mass is 9.51. The van der Waals surface area contributed by atoms with E-state index in [9.17, 15) is 14.3 Å². The summed E-state index contributed by atoms with van der Waals surface area (Å²) in [6.07, 6.45) is 8.53. The van der Waals surface area contributed by atoms with Gasteiger partial charge in [-0.1, -0.05) is 12.1 Å². The van der Waals surface area contributed by atoms with Crippen LogP contribution >= 0.6 is 0 Å². The number of hydrogen-bond acceptors (Lipinski definition) is 4. The summed E-state index contributed by atoms with van der Waals surface area (Å²) in [4.78, 5) is 15.3. The summed E-state index contributed by atoms with van der Waals surface area (Å²) in [6, 6.07) is 8.51. The number of carbonyl (C=O) groups is 1. The van der Waals surface area contributed by atoms with Crippen molar-refractivity contribution in [3.63, 3.8) is 0 Å². The van der Waals surface area contributed by atoms with Crippen LogP contribution in [-0.2, 0) is 10.2 Å². The van der Waals surface area contributed by atoms with Crippen LogP contribution in [0.5, 0.6) is 5.75 Å². The maximum Gasteiger partial charge on any atom is 0.229 e.